The fraction of sp³-hybridized carbons (Fsp3) is 0.611. The maximum absolute atomic E-state index is 11.9. The van der Waals surface area contributed by atoms with Crippen molar-refractivity contribution in [3.8, 4) is 5.75 Å². The van der Waals surface area contributed by atoms with E-state index in [0.717, 1.165) is 30.9 Å². The maximum atomic E-state index is 11.9. The highest BCUT2D eigenvalue weighted by Gasteiger charge is 2.35. The molecule has 3 rings (SSSR count). The van der Waals surface area contributed by atoms with Crippen LogP contribution in [0.4, 0.5) is 5.69 Å². The van der Waals surface area contributed by atoms with E-state index in [1.165, 1.54) is 0 Å². The predicted molar refractivity (Wildman–Crippen MR) is 107 cm³/mol. The van der Waals surface area contributed by atoms with E-state index in [1.807, 2.05) is 36.1 Å². The van der Waals surface area contributed by atoms with Crippen LogP contribution in [0, 0.1) is 0 Å². The summed E-state index contributed by atoms with van der Waals surface area (Å²) in [7, 11) is -2.98. The van der Waals surface area contributed by atoms with E-state index in [2.05, 4.69) is 5.32 Å². The van der Waals surface area contributed by atoms with Crippen molar-refractivity contribution < 1.29 is 17.9 Å². The van der Waals surface area contributed by atoms with Gasteiger partial charge in [0.15, 0.2) is 14.9 Å². The second kappa shape index (κ2) is 8.54. The Morgan fingerprint density at radius 3 is 2.69 bits per heavy atom. The number of thiocarbonyl (C=S) groups is 1. The second-order valence-corrected chi connectivity index (χ2v) is 9.35. The molecule has 2 saturated heterocycles. The molecule has 2 atom stereocenters. The second-order valence-electron chi connectivity index (χ2n) is 6.73. The van der Waals surface area contributed by atoms with Crippen molar-refractivity contribution in [1.82, 2.24) is 4.90 Å². The van der Waals surface area contributed by atoms with Crippen molar-refractivity contribution in [1.29, 1.82) is 0 Å². The smallest absolute Gasteiger partial charge is 0.173 e. The summed E-state index contributed by atoms with van der Waals surface area (Å²) < 4.78 is 35.0. The van der Waals surface area contributed by atoms with E-state index in [0.29, 0.717) is 24.7 Å². The molecule has 6 nitrogen and oxygen atoms in total. The van der Waals surface area contributed by atoms with Crippen molar-refractivity contribution in [2.75, 3.05) is 36.6 Å². The number of nitrogens with one attached hydrogen (secondary N) is 1. The van der Waals surface area contributed by atoms with E-state index in [-0.39, 0.29) is 23.7 Å². The lowest BCUT2D eigenvalue weighted by molar-refractivity contribution is 0.0851. The van der Waals surface area contributed by atoms with E-state index in [1.54, 1.807) is 0 Å². The minimum absolute atomic E-state index is 0.0908. The van der Waals surface area contributed by atoms with Gasteiger partial charge in [-0.3, -0.25) is 0 Å². The molecular weight excluding hydrogens is 372 g/mol. The molecule has 0 spiro atoms. The number of sulfone groups is 1. The lowest BCUT2D eigenvalue weighted by atomic mass is 10.2. The van der Waals surface area contributed by atoms with Crippen LogP contribution in [0.3, 0.4) is 0 Å². The van der Waals surface area contributed by atoms with E-state index >= 15 is 0 Å². The standard InChI is InChI=1S/C18H26N2O4S2/c1-2-23-16-7-5-14(6-8-16)19-18(25)20(12-17-4-3-10-24-17)15-9-11-26(21,22)13-15/h5-8,15,17H,2-4,9-13H2,1H3,(H,19,25)/t15-,17-/m1/s1. The quantitative estimate of drug-likeness (QED) is 0.738. The van der Waals surface area contributed by atoms with Crippen molar-refractivity contribution in [2.24, 2.45) is 0 Å². The van der Waals surface area contributed by atoms with Gasteiger partial charge in [-0.1, -0.05) is 0 Å². The summed E-state index contributed by atoms with van der Waals surface area (Å²) in [6.45, 7) is 3.96. The van der Waals surface area contributed by atoms with Crippen molar-refractivity contribution in [2.45, 2.75) is 38.3 Å². The third-order valence-electron chi connectivity index (χ3n) is 4.75. The first kappa shape index (κ1) is 19.4. The molecule has 0 unspecified atom stereocenters. The maximum Gasteiger partial charge on any atom is 0.173 e. The summed E-state index contributed by atoms with van der Waals surface area (Å²) in [5.41, 5.74) is 0.858. The van der Waals surface area contributed by atoms with Crippen LogP contribution in [0.5, 0.6) is 5.75 Å². The minimum atomic E-state index is -2.98. The molecule has 0 radical (unpaired) electrons. The first-order valence-electron chi connectivity index (χ1n) is 9.09. The van der Waals surface area contributed by atoms with Gasteiger partial charge in [0.05, 0.1) is 24.2 Å². The molecule has 1 aromatic carbocycles. The Bertz CT molecular complexity index is 715. The van der Waals surface area contributed by atoms with Crippen LogP contribution >= 0.6 is 12.2 Å². The van der Waals surface area contributed by atoms with Gasteiger partial charge in [0.25, 0.3) is 0 Å². The highest BCUT2D eigenvalue weighted by Crippen LogP contribution is 2.23. The molecule has 0 aliphatic carbocycles. The summed E-state index contributed by atoms with van der Waals surface area (Å²) in [6, 6.07) is 7.50. The minimum Gasteiger partial charge on any atom is -0.494 e. The molecule has 0 aromatic heterocycles. The monoisotopic (exact) mass is 398 g/mol. The summed E-state index contributed by atoms with van der Waals surface area (Å²) in [5, 5.41) is 3.79. The topological polar surface area (TPSA) is 67.9 Å². The Balaban J connectivity index is 1.69. The SMILES string of the molecule is CCOc1ccc(NC(=S)N(C[C@H]2CCCO2)[C@@H]2CCS(=O)(=O)C2)cc1. The van der Waals surface area contributed by atoms with Crippen molar-refractivity contribution in [3.05, 3.63) is 24.3 Å². The molecule has 1 aromatic rings. The highest BCUT2D eigenvalue weighted by atomic mass is 32.2. The van der Waals surface area contributed by atoms with Gasteiger partial charge in [0.2, 0.25) is 0 Å². The zero-order valence-corrected chi connectivity index (χ0v) is 16.7. The van der Waals surface area contributed by atoms with E-state index < -0.39 is 9.84 Å². The van der Waals surface area contributed by atoms with Gasteiger partial charge in [-0.2, -0.15) is 0 Å². The van der Waals surface area contributed by atoms with Gasteiger partial charge in [-0.25, -0.2) is 8.42 Å². The summed E-state index contributed by atoms with van der Waals surface area (Å²) in [4.78, 5) is 2.01. The van der Waals surface area contributed by atoms with Crippen LogP contribution in [0.2, 0.25) is 0 Å². The van der Waals surface area contributed by atoms with Crippen LogP contribution in [-0.2, 0) is 14.6 Å². The Labute approximate surface area is 160 Å². The van der Waals surface area contributed by atoms with Crippen LogP contribution in [-0.4, -0.2) is 61.8 Å². The molecule has 1 N–H and O–H groups in total. The third-order valence-corrected chi connectivity index (χ3v) is 6.84. The van der Waals surface area contributed by atoms with Crippen LogP contribution in [0.15, 0.2) is 24.3 Å². The molecule has 8 heteroatoms. The lowest BCUT2D eigenvalue weighted by Gasteiger charge is -2.33. The molecule has 2 aliphatic rings. The summed E-state index contributed by atoms with van der Waals surface area (Å²) >= 11 is 5.62. The zero-order valence-electron chi connectivity index (χ0n) is 15.0. The molecule has 26 heavy (non-hydrogen) atoms. The third kappa shape index (κ3) is 5.08. The molecule has 2 heterocycles. The molecule has 144 valence electrons. The van der Waals surface area contributed by atoms with Gasteiger partial charge in [-0.15, -0.1) is 0 Å². The van der Waals surface area contributed by atoms with Crippen LogP contribution in [0.25, 0.3) is 0 Å². The fourth-order valence-electron chi connectivity index (χ4n) is 3.42. The Morgan fingerprint density at radius 2 is 2.12 bits per heavy atom. The number of benzene rings is 1. The van der Waals surface area contributed by atoms with E-state index in [4.69, 9.17) is 21.7 Å². The first-order valence-corrected chi connectivity index (χ1v) is 11.3. The molecule has 0 saturated carbocycles. The fourth-order valence-corrected chi connectivity index (χ4v) is 5.50. The van der Waals surface area contributed by atoms with Crippen LogP contribution in [0.1, 0.15) is 26.2 Å². The van der Waals surface area contributed by atoms with Gasteiger partial charge in [-0.05, 0) is 62.7 Å². The van der Waals surface area contributed by atoms with Gasteiger partial charge in [0.1, 0.15) is 5.75 Å². The van der Waals surface area contributed by atoms with Gasteiger partial charge in [0, 0.05) is 24.9 Å². The highest BCUT2D eigenvalue weighted by molar-refractivity contribution is 7.91. The van der Waals surface area contributed by atoms with Crippen LogP contribution < -0.4 is 10.1 Å². The average Bonchev–Trinajstić information content (AvgIpc) is 3.23. The molecule has 2 aliphatic heterocycles. The summed E-state index contributed by atoms with van der Waals surface area (Å²) in [5.74, 6) is 1.19. The number of anilines is 1. The average molecular weight is 399 g/mol. The largest absolute Gasteiger partial charge is 0.494 e. The van der Waals surface area contributed by atoms with E-state index in [9.17, 15) is 8.42 Å². The molecule has 2 fully saturated rings. The number of hydrogen-bond donors (Lipinski definition) is 1. The summed E-state index contributed by atoms with van der Waals surface area (Å²) in [6.07, 6.45) is 2.75. The Kier molecular flexibility index (Phi) is 6.37. The first-order chi connectivity index (χ1) is 12.5. The van der Waals surface area contributed by atoms with Gasteiger partial charge >= 0.3 is 0 Å². The number of rotatable bonds is 6. The predicted octanol–water partition coefficient (Wildman–Crippen LogP) is 2.45. The number of nitrogens with zero attached hydrogens (tertiary/aromatic N) is 1. The molecular formula is C18H26N2O4S2. The normalized spacial score (nSPS) is 24.3. The number of ether oxygens (including phenoxy) is 2. The van der Waals surface area contributed by atoms with Gasteiger partial charge < -0.3 is 19.7 Å². The van der Waals surface area contributed by atoms with Crippen molar-refractivity contribution >= 4 is 32.9 Å². The lowest BCUT2D eigenvalue weighted by Crippen LogP contribution is -2.47. The number of hydrogen-bond acceptors (Lipinski definition) is 5. The Morgan fingerprint density at radius 1 is 1.35 bits per heavy atom. The zero-order chi connectivity index (χ0) is 18.6. The molecule has 0 amide bonds. The van der Waals surface area contributed by atoms with Crippen molar-refractivity contribution in [3.63, 3.8) is 0 Å². The Hall–Kier alpha value is -1.38. The molecule has 0 bridgehead atoms.